The first-order valence-electron chi connectivity index (χ1n) is 6.78. The van der Waals surface area contributed by atoms with Crippen LogP contribution >= 0.6 is 66.7 Å². The van der Waals surface area contributed by atoms with Gasteiger partial charge in [0.25, 0.3) is 0 Å². The molecule has 0 aliphatic heterocycles. The number of hydrogen-bond donors (Lipinski definition) is 0. The van der Waals surface area contributed by atoms with E-state index in [2.05, 4.69) is 78.5 Å². The first-order chi connectivity index (χ1) is 11.2. The summed E-state index contributed by atoms with van der Waals surface area (Å²) in [6, 6.07) is 16.5. The van der Waals surface area contributed by atoms with E-state index < -0.39 is 0 Å². The van der Waals surface area contributed by atoms with E-state index in [1.54, 1.807) is 34.9 Å². The van der Waals surface area contributed by atoms with Gasteiger partial charge in [-0.25, -0.2) is 0 Å². The maximum Gasteiger partial charge on any atom is 0.175 e. The SMILES string of the molecule is Brc1ccccc1CSc1nnc(SCc2ccccc2Br)s1. The molecule has 0 fully saturated rings. The smallest absolute Gasteiger partial charge is 0.131 e. The summed E-state index contributed by atoms with van der Waals surface area (Å²) in [5.41, 5.74) is 2.55. The number of benzene rings is 2. The summed E-state index contributed by atoms with van der Waals surface area (Å²) in [5, 5.41) is 8.56. The summed E-state index contributed by atoms with van der Waals surface area (Å²) in [5.74, 6) is 1.79. The van der Waals surface area contributed by atoms with Gasteiger partial charge < -0.3 is 0 Å². The predicted molar refractivity (Wildman–Crippen MR) is 107 cm³/mol. The molecule has 118 valence electrons. The molecule has 0 unspecified atom stereocenters. The van der Waals surface area contributed by atoms with Gasteiger partial charge in [-0.2, -0.15) is 0 Å². The highest BCUT2D eigenvalue weighted by Crippen LogP contribution is 2.34. The standard InChI is InChI=1S/C16H12Br2N2S3/c17-13-7-3-1-5-11(13)9-21-15-19-20-16(23-15)22-10-12-6-2-4-8-14(12)18/h1-8H,9-10H2. The van der Waals surface area contributed by atoms with Crippen LogP contribution in [0.2, 0.25) is 0 Å². The zero-order chi connectivity index (χ0) is 16.1. The molecule has 0 saturated heterocycles. The molecule has 0 aliphatic rings. The highest BCUT2D eigenvalue weighted by Gasteiger charge is 2.08. The van der Waals surface area contributed by atoms with Crippen molar-refractivity contribution in [1.29, 1.82) is 0 Å². The molecule has 0 atom stereocenters. The van der Waals surface area contributed by atoms with Crippen molar-refractivity contribution in [1.82, 2.24) is 10.2 Å². The molecule has 0 radical (unpaired) electrons. The monoisotopic (exact) mass is 486 g/mol. The number of rotatable bonds is 6. The lowest BCUT2D eigenvalue weighted by molar-refractivity contribution is 0.954. The predicted octanol–water partition coefficient (Wildman–Crippen LogP) is 6.65. The molecular weight excluding hydrogens is 476 g/mol. The molecular formula is C16H12Br2N2S3. The number of nitrogens with zero attached hydrogens (tertiary/aromatic N) is 2. The van der Waals surface area contributed by atoms with Crippen LogP contribution in [-0.2, 0) is 11.5 Å². The maximum atomic E-state index is 4.28. The minimum absolute atomic E-state index is 0.894. The molecule has 3 rings (SSSR count). The number of hydrogen-bond acceptors (Lipinski definition) is 5. The molecule has 0 aliphatic carbocycles. The van der Waals surface area contributed by atoms with Crippen LogP contribution in [0.1, 0.15) is 11.1 Å². The molecule has 23 heavy (non-hydrogen) atoms. The van der Waals surface area contributed by atoms with Crippen LogP contribution in [0.4, 0.5) is 0 Å². The van der Waals surface area contributed by atoms with Crippen molar-refractivity contribution in [3.8, 4) is 0 Å². The molecule has 0 bridgehead atoms. The lowest BCUT2D eigenvalue weighted by atomic mass is 10.2. The summed E-state index contributed by atoms with van der Waals surface area (Å²) < 4.78 is 4.30. The summed E-state index contributed by atoms with van der Waals surface area (Å²) in [6.07, 6.45) is 0. The van der Waals surface area contributed by atoms with Gasteiger partial charge >= 0.3 is 0 Å². The molecule has 2 nitrogen and oxygen atoms in total. The van der Waals surface area contributed by atoms with Crippen LogP contribution in [0.25, 0.3) is 0 Å². The van der Waals surface area contributed by atoms with Gasteiger partial charge in [0.05, 0.1) is 0 Å². The third-order valence-corrected chi connectivity index (χ3v) is 7.84. The second-order valence-electron chi connectivity index (χ2n) is 4.59. The van der Waals surface area contributed by atoms with Crippen LogP contribution in [0.3, 0.4) is 0 Å². The molecule has 0 spiro atoms. The van der Waals surface area contributed by atoms with Gasteiger partial charge in [0, 0.05) is 20.5 Å². The molecule has 3 aromatic rings. The Kier molecular flexibility index (Phi) is 6.59. The number of aromatic nitrogens is 2. The average Bonchev–Trinajstić information content (AvgIpc) is 3.01. The first kappa shape index (κ1) is 17.5. The fraction of sp³-hybridized carbons (Fsp3) is 0.125. The van der Waals surface area contributed by atoms with Gasteiger partial charge in [-0.1, -0.05) is 103 Å². The Morgan fingerprint density at radius 1 is 0.739 bits per heavy atom. The number of halogens is 2. The minimum Gasteiger partial charge on any atom is -0.131 e. The molecule has 0 amide bonds. The summed E-state index contributed by atoms with van der Waals surface area (Å²) in [6.45, 7) is 0. The van der Waals surface area contributed by atoms with E-state index in [0.29, 0.717) is 0 Å². The fourth-order valence-electron chi connectivity index (χ4n) is 1.82. The Morgan fingerprint density at radius 2 is 1.17 bits per heavy atom. The highest BCUT2D eigenvalue weighted by atomic mass is 79.9. The van der Waals surface area contributed by atoms with E-state index in [1.807, 2.05) is 12.1 Å². The van der Waals surface area contributed by atoms with Crippen molar-refractivity contribution in [2.75, 3.05) is 0 Å². The van der Waals surface area contributed by atoms with E-state index >= 15 is 0 Å². The quantitative estimate of drug-likeness (QED) is 0.363. The second kappa shape index (κ2) is 8.67. The lowest BCUT2D eigenvalue weighted by Crippen LogP contribution is -1.82. The van der Waals surface area contributed by atoms with Gasteiger partial charge in [0.2, 0.25) is 0 Å². The Hall–Kier alpha value is -0.340. The lowest BCUT2D eigenvalue weighted by Gasteiger charge is -2.01. The Balaban J connectivity index is 1.56. The zero-order valence-corrected chi connectivity index (χ0v) is 17.5. The fourth-order valence-corrected chi connectivity index (χ4v) is 6.07. The van der Waals surface area contributed by atoms with Gasteiger partial charge in [-0.15, -0.1) is 10.2 Å². The van der Waals surface area contributed by atoms with Crippen molar-refractivity contribution in [3.05, 3.63) is 68.6 Å². The van der Waals surface area contributed by atoms with Crippen LogP contribution in [0.15, 0.2) is 66.2 Å². The molecule has 2 aromatic carbocycles. The van der Waals surface area contributed by atoms with Crippen LogP contribution in [0, 0.1) is 0 Å². The van der Waals surface area contributed by atoms with Crippen LogP contribution in [-0.4, -0.2) is 10.2 Å². The first-order valence-corrected chi connectivity index (χ1v) is 11.2. The van der Waals surface area contributed by atoms with Crippen LogP contribution in [0.5, 0.6) is 0 Å². The zero-order valence-electron chi connectivity index (χ0n) is 11.9. The summed E-state index contributed by atoms with van der Waals surface area (Å²) >= 11 is 12.3. The van der Waals surface area contributed by atoms with E-state index in [1.165, 1.54) is 11.1 Å². The van der Waals surface area contributed by atoms with Gasteiger partial charge in [0.1, 0.15) is 0 Å². The Morgan fingerprint density at radius 3 is 1.61 bits per heavy atom. The van der Waals surface area contributed by atoms with E-state index in [4.69, 9.17) is 0 Å². The van der Waals surface area contributed by atoms with E-state index in [0.717, 1.165) is 29.1 Å². The largest absolute Gasteiger partial charge is 0.175 e. The van der Waals surface area contributed by atoms with Crippen molar-refractivity contribution >= 4 is 66.7 Å². The third kappa shape index (κ3) is 5.06. The van der Waals surface area contributed by atoms with Crippen LogP contribution < -0.4 is 0 Å². The second-order valence-corrected chi connectivity index (χ2v) is 9.73. The third-order valence-electron chi connectivity index (χ3n) is 3.01. The topological polar surface area (TPSA) is 25.8 Å². The van der Waals surface area contributed by atoms with Crippen molar-refractivity contribution in [3.63, 3.8) is 0 Å². The molecule has 0 saturated carbocycles. The van der Waals surface area contributed by atoms with E-state index in [-0.39, 0.29) is 0 Å². The summed E-state index contributed by atoms with van der Waals surface area (Å²) in [4.78, 5) is 0. The Bertz CT molecular complexity index is 728. The van der Waals surface area contributed by atoms with E-state index in [9.17, 15) is 0 Å². The van der Waals surface area contributed by atoms with Gasteiger partial charge in [-0.05, 0) is 23.3 Å². The normalized spacial score (nSPS) is 10.9. The molecule has 0 N–H and O–H groups in total. The maximum absolute atomic E-state index is 4.28. The summed E-state index contributed by atoms with van der Waals surface area (Å²) in [7, 11) is 0. The van der Waals surface area contributed by atoms with Crippen molar-refractivity contribution in [2.45, 2.75) is 20.2 Å². The van der Waals surface area contributed by atoms with Gasteiger partial charge in [-0.3, -0.25) is 0 Å². The van der Waals surface area contributed by atoms with Crippen molar-refractivity contribution < 1.29 is 0 Å². The highest BCUT2D eigenvalue weighted by molar-refractivity contribution is 9.10. The molecule has 7 heteroatoms. The van der Waals surface area contributed by atoms with Crippen molar-refractivity contribution in [2.24, 2.45) is 0 Å². The average molecular weight is 488 g/mol. The number of thioether (sulfide) groups is 2. The molecule has 1 aromatic heterocycles. The minimum atomic E-state index is 0.894. The van der Waals surface area contributed by atoms with Gasteiger partial charge in [0.15, 0.2) is 8.68 Å². The molecule has 1 heterocycles. The Labute approximate surface area is 164 Å².